The third-order valence-electron chi connectivity index (χ3n) is 9.81. The molecule has 0 saturated heterocycles. The van der Waals surface area contributed by atoms with E-state index in [9.17, 15) is 0 Å². The van der Waals surface area contributed by atoms with Crippen LogP contribution in [0.3, 0.4) is 0 Å². The summed E-state index contributed by atoms with van der Waals surface area (Å²) in [5.41, 5.74) is 12.3. The maximum atomic E-state index is 2.42. The van der Waals surface area contributed by atoms with Gasteiger partial charge in [0, 0.05) is 17.4 Å². The van der Waals surface area contributed by atoms with Crippen LogP contribution in [0.15, 0.2) is 176 Å². The number of hydrogen-bond acceptors (Lipinski definition) is 1. The van der Waals surface area contributed by atoms with Crippen molar-refractivity contribution in [1.29, 1.82) is 0 Å². The molecule has 0 amide bonds. The fourth-order valence-electron chi connectivity index (χ4n) is 7.43. The van der Waals surface area contributed by atoms with Gasteiger partial charge in [-0.2, -0.15) is 0 Å². The average molecular weight is 660 g/mol. The summed E-state index contributed by atoms with van der Waals surface area (Å²) >= 11 is 0. The highest BCUT2D eigenvalue weighted by Gasteiger charge is 2.18. The summed E-state index contributed by atoms with van der Waals surface area (Å²) in [7, 11) is 0. The van der Waals surface area contributed by atoms with Crippen LogP contribution >= 0.6 is 0 Å². The Balaban J connectivity index is 1.24. The summed E-state index contributed by atoms with van der Waals surface area (Å²) in [5.74, 6) is 0. The number of rotatable bonds is 10. The molecule has 0 N–H and O–H groups in total. The highest BCUT2D eigenvalue weighted by molar-refractivity contribution is 6.21. The molecule has 1 nitrogen and oxygen atoms in total. The number of allylic oxidation sites excluding steroid dienone is 3. The van der Waals surface area contributed by atoms with Crippen molar-refractivity contribution in [3.05, 3.63) is 187 Å². The van der Waals surface area contributed by atoms with Crippen molar-refractivity contribution in [2.75, 3.05) is 4.90 Å². The van der Waals surface area contributed by atoms with Crippen molar-refractivity contribution >= 4 is 39.4 Å². The second kappa shape index (κ2) is 15.3. The van der Waals surface area contributed by atoms with E-state index < -0.39 is 0 Å². The molecule has 1 heteroatoms. The predicted octanol–water partition coefficient (Wildman–Crippen LogP) is 14.2. The van der Waals surface area contributed by atoms with E-state index in [-0.39, 0.29) is 6.04 Å². The predicted molar refractivity (Wildman–Crippen MR) is 224 cm³/mol. The van der Waals surface area contributed by atoms with Gasteiger partial charge in [0.1, 0.15) is 0 Å². The third-order valence-corrected chi connectivity index (χ3v) is 9.81. The fraction of sp³-hybridized carbons (Fsp3) is 0.120. The molecule has 0 saturated carbocycles. The van der Waals surface area contributed by atoms with E-state index in [0.717, 1.165) is 6.42 Å². The van der Waals surface area contributed by atoms with E-state index in [4.69, 9.17) is 0 Å². The minimum atomic E-state index is 0.262. The first-order valence-electron chi connectivity index (χ1n) is 18.1. The first-order chi connectivity index (χ1) is 25.1. The summed E-state index contributed by atoms with van der Waals surface area (Å²) in [6.45, 7) is 8.76. The SMILES string of the molecule is CC=CC(C)N(C(C)=CCC)c1ccc(-c2c3ccccc3c(-c3ccc(C=Cc4ccc(-c5ccccc5)cc4)cc3)c3ccccc23)cc1. The molecule has 0 aliphatic carbocycles. The lowest BCUT2D eigenvalue weighted by atomic mass is 9.86. The number of anilines is 1. The van der Waals surface area contributed by atoms with Crippen molar-refractivity contribution in [3.63, 3.8) is 0 Å². The Morgan fingerprint density at radius 3 is 1.39 bits per heavy atom. The highest BCUT2D eigenvalue weighted by Crippen LogP contribution is 2.44. The zero-order chi connectivity index (χ0) is 35.2. The topological polar surface area (TPSA) is 3.24 Å². The monoisotopic (exact) mass is 659 g/mol. The van der Waals surface area contributed by atoms with Crippen LogP contribution < -0.4 is 4.90 Å². The maximum absolute atomic E-state index is 2.42. The van der Waals surface area contributed by atoms with Gasteiger partial charge in [-0.3, -0.25) is 0 Å². The Kier molecular flexibility index (Phi) is 10.1. The van der Waals surface area contributed by atoms with Gasteiger partial charge in [0.25, 0.3) is 0 Å². The van der Waals surface area contributed by atoms with Crippen molar-refractivity contribution in [2.45, 2.75) is 40.2 Å². The number of hydrogen-bond donors (Lipinski definition) is 0. The molecule has 7 aromatic carbocycles. The lowest BCUT2D eigenvalue weighted by Gasteiger charge is -2.31. The standard InChI is InChI=1S/C50H45N/c1-5-14-36(3)51(37(4)15-6-2)44-34-32-43(33-35-44)50-47-20-12-10-18-45(47)49(46-19-11-13-21-48(46)50)42-30-26-39(27-31-42)23-22-38-24-28-41(29-25-38)40-16-8-7-9-17-40/h5,7-36H,6H2,1-4H3. The first kappa shape index (κ1) is 33.6. The lowest BCUT2D eigenvalue weighted by molar-refractivity contribution is 0.813. The second-order valence-corrected chi connectivity index (χ2v) is 13.2. The van der Waals surface area contributed by atoms with Gasteiger partial charge in [0.15, 0.2) is 0 Å². The van der Waals surface area contributed by atoms with Crippen LogP contribution in [0, 0.1) is 0 Å². The van der Waals surface area contributed by atoms with Crippen molar-refractivity contribution in [1.82, 2.24) is 0 Å². The van der Waals surface area contributed by atoms with Gasteiger partial charge in [-0.15, -0.1) is 0 Å². The summed E-state index contributed by atoms with van der Waals surface area (Å²) in [6, 6.07) is 55.5. The van der Waals surface area contributed by atoms with Crippen molar-refractivity contribution < 1.29 is 0 Å². The summed E-state index contributed by atoms with van der Waals surface area (Å²) in [4.78, 5) is 2.42. The van der Waals surface area contributed by atoms with Gasteiger partial charge in [0.2, 0.25) is 0 Å². The van der Waals surface area contributed by atoms with Gasteiger partial charge in [-0.1, -0.05) is 177 Å². The van der Waals surface area contributed by atoms with E-state index in [2.05, 4.69) is 215 Å². The average Bonchev–Trinajstić information content (AvgIpc) is 3.17. The van der Waals surface area contributed by atoms with E-state index in [0.29, 0.717) is 0 Å². The molecular formula is C50H45N. The zero-order valence-electron chi connectivity index (χ0n) is 30.1. The largest absolute Gasteiger partial charge is 0.339 e. The quantitative estimate of drug-likeness (QED) is 0.0802. The Morgan fingerprint density at radius 2 is 0.941 bits per heavy atom. The number of fused-ring (bicyclic) bond motifs is 2. The van der Waals surface area contributed by atoms with Crippen molar-refractivity contribution in [3.8, 4) is 33.4 Å². The summed E-state index contributed by atoms with van der Waals surface area (Å²) < 4.78 is 0. The Bertz CT molecular complexity index is 2280. The molecule has 0 aliphatic heterocycles. The van der Waals surface area contributed by atoms with Crippen LogP contribution in [0.4, 0.5) is 5.69 Å². The third kappa shape index (κ3) is 7.07. The molecule has 1 atom stereocenters. The van der Waals surface area contributed by atoms with Crippen LogP contribution in [0.25, 0.3) is 67.1 Å². The van der Waals surface area contributed by atoms with Gasteiger partial charge in [-0.05, 0) is 105 Å². The van der Waals surface area contributed by atoms with Gasteiger partial charge < -0.3 is 4.90 Å². The Hall–Kier alpha value is -5.92. The normalized spacial score (nSPS) is 12.7. The van der Waals surface area contributed by atoms with Crippen LogP contribution in [-0.2, 0) is 0 Å². The number of nitrogens with zero attached hydrogens (tertiary/aromatic N) is 1. The van der Waals surface area contributed by atoms with Gasteiger partial charge in [0.05, 0.1) is 0 Å². The van der Waals surface area contributed by atoms with Crippen LogP contribution in [0.5, 0.6) is 0 Å². The highest BCUT2D eigenvalue weighted by atomic mass is 15.2. The van der Waals surface area contributed by atoms with E-state index in [1.807, 2.05) is 0 Å². The zero-order valence-corrected chi connectivity index (χ0v) is 30.1. The maximum Gasteiger partial charge on any atom is 0.0490 e. The fourth-order valence-corrected chi connectivity index (χ4v) is 7.43. The minimum Gasteiger partial charge on any atom is -0.339 e. The molecule has 7 aromatic rings. The molecule has 0 radical (unpaired) electrons. The number of benzene rings is 7. The first-order valence-corrected chi connectivity index (χ1v) is 18.1. The van der Waals surface area contributed by atoms with E-state index in [1.165, 1.54) is 77.4 Å². The summed E-state index contributed by atoms with van der Waals surface area (Å²) in [6.07, 6.45) is 12.1. The molecule has 0 spiro atoms. The molecule has 51 heavy (non-hydrogen) atoms. The molecule has 0 aliphatic rings. The minimum absolute atomic E-state index is 0.262. The van der Waals surface area contributed by atoms with Crippen LogP contribution in [0.2, 0.25) is 0 Å². The van der Waals surface area contributed by atoms with Gasteiger partial charge in [-0.25, -0.2) is 0 Å². The molecule has 250 valence electrons. The molecular weight excluding hydrogens is 615 g/mol. The molecule has 1 unspecified atom stereocenters. The van der Waals surface area contributed by atoms with E-state index in [1.54, 1.807) is 0 Å². The Morgan fingerprint density at radius 1 is 0.529 bits per heavy atom. The molecule has 0 heterocycles. The molecule has 7 rings (SSSR count). The molecule has 0 bridgehead atoms. The van der Waals surface area contributed by atoms with Gasteiger partial charge >= 0.3 is 0 Å². The second-order valence-electron chi connectivity index (χ2n) is 13.2. The van der Waals surface area contributed by atoms with Crippen LogP contribution in [-0.4, -0.2) is 6.04 Å². The lowest BCUT2D eigenvalue weighted by Crippen LogP contribution is -2.29. The summed E-state index contributed by atoms with van der Waals surface area (Å²) in [5, 5.41) is 5.07. The smallest absolute Gasteiger partial charge is 0.0490 e. The Labute approximate surface area is 303 Å². The van der Waals surface area contributed by atoms with E-state index >= 15 is 0 Å². The van der Waals surface area contributed by atoms with Crippen molar-refractivity contribution in [2.24, 2.45) is 0 Å². The molecule has 0 fully saturated rings. The molecule has 0 aromatic heterocycles. The van der Waals surface area contributed by atoms with Crippen LogP contribution in [0.1, 0.15) is 45.2 Å².